The Bertz CT molecular complexity index is 1700. The van der Waals surface area contributed by atoms with Gasteiger partial charge in [0.15, 0.2) is 11.5 Å². The molecule has 0 bridgehead atoms. The average Bonchev–Trinajstić information content (AvgIpc) is 3.01. The van der Waals surface area contributed by atoms with Crippen molar-refractivity contribution in [3.05, 3.63) is 113 Å². The molecule has 0 radical (unpaired) electrons. The molecule has 2 N–H and O–H groups in total. The molecule has 0 aliphatic heterocycles. The van der Waals surface area contributed by atoms with Crippen LogP contribution in [0.2, 0.25) is 0 Å². The smallest absolute Gasteiger partial charge is 0.343 e. The van der Waals surface area contributed by atoms with Gasteiger partial charge >= 0.3 is 5.97 Å². The van der Waals surface area contributed by atoms with Crippen molar-refractivity contribution in [3.8, 4) is 17.2 Å². The number of anilines is 1. The van der Waals surface area contributed by atoms with Gasteiger partial charge in [0.2, 0.25) is 0 Å². The maximum Gasteiger partial charge on any atom is 0.343 e. The van der Waals surface area contributed by atoms with Crippen molar-refractivity contribution in [1.29, 1.82) is 0 Å². The third-order valence-corrected chi connectivity index (χ3v) is 7.46. The lowest BCUT2D eigenvalue weighted by molar-refractivity contribution is 0.0729. The highest BCUT2D eigenvalue weighted by Gasteiger charge is 2.15. The molecule has 0 aliphatic carbocycles. The molecule has 0 fully saturated rings. The van der Waals surface area contributed by atoms with Crippen LogP contribution in [-0.2, 0) is 10.0 Å². The maximum atomic E-state index is 12.6. The zero-order valence-corrected chi connectivity index (χ0v) is 24.7. The van der Waals surface area contributed by atoms with E-state index in [1.165, 1.54) is 49.7 Å². The topological polar surface area (TPSA) is 132 Å². The predicted molar refractivity (Wildman–Crippen MR) is 164 cm³/mol. The number of carbonyl (C=O) groups is 2. The summed E-state index contributed by atoms with van der Waals surface area (Å²) >= 11 is 0. The van der Waals surface area contributed by atoms with Crippen molar-refractivity contribution in [2.45, 2.75) is 25.2 Å². The molecule has 0 saturated heterocycles. The first-order chi connectivity index (χ1) is 20.7. The average molecular weight is 602 g/mol. The van der Waals surface area contributed by atoms with Crippen LogP contribution in [0.15, 0.2) is 101 Å². The van der Waals surface area contributed by atoms with E-state index in [-0.39, 0.29) is 16.2 Å². The van der Waals surface area contributed by atoms with Crippen molar-refractivity contribution in [2.75, 3.05) is 18.4 Å². The number of hydrazone groups is 1. The normalized spacial score (nSPS) is 11.1. The highest BCUT2D eigenvalue weighted by Crippen LogP contribution is 2.28. The number of hydrogen-bond donors (Lipinski definition) is 2. The lowest BCUT2D eigenvalue weighted by atomic mass is 10.2. The molecule has 4 aromatic carbocycles. The number of nitrogens with one attached hydrogen (secondary N) is 2. The Morgan fingerprint density at radius 3 is 2.19 bits per heavy atom. The molecule has 0 aliphatic rings. The Kier molecular flexibility index (Phi) is 10.1. The number of rotatable bonds is 12. The Hall–Kier alpha value is -5.16. The summed E-state index contributed by atoms with van der Waals surface area (Å²) in [4.78, 5) is 25.3. The van der Waals surface area contributed by atoms with Crippen LogP contribution in [0.25, 0.3) is 0 Å². The number of benzene rings is 4. The molecule has 0 aromatic heterocycles. The van der Waals surface area contributed by atoms with Gasteiger partial charge in [-0.05, 0) is 97.8 Å². The molecule has 10 nitrogen and oxygen atoms in total. The van der Waals surface area contributed by atoms with Crippen LogP contribution < -0.4 is 24.4 Å². The van der Waals surface area contributed by atoms with Gasteiger partial charge in [-0.2, -0.15) is 5.10 Å². The number of nitrogens with zero attached hydrogens (tertiary/aromatic N) is 1. The lowest BCUT2D eigenvalue weighted by Gasteiger charge is -2.10. The van der Waals surface area contributed by atoms with Crippen LogP contribution in [0.4, 0.5) is 5.69 Å². The minimum absolute atomic E-state index is 0.139. The van der Waals surface area contributed by atoms with Crippen molar-refractivity contribution in [1.82, 2.24) is 5.43 Å². The molecule has 0 unspecified atom stereocenters. The summed E-state index contributed by atoms with van der Waals surface area (Å²) in [5.41, 5.74) is 4.90. The van der Waals surface area contributed by atoms with Gasteiger partial charge in [-0.15, -0.1) is 0 Å². The van der Waals surface area contributed by atoms with E-state index >= 15 is 0 Å². The second kappa shape index (κ2) is 14.1. The molecule has 0 saturated carbocycles. The molecular weight excluding hydrogens is 570 g/mol. The molecule has 222 valence electrons. The summed E-state index contributed by atoms with van der Waals surface area (Å²) in [7, 11) is -2.31. The van der Waals surface area contributed by atoms with Crippen molar-refractivity contribution in [2.24, 2.45) is 5.10 Å². The van der Waals surface area contributed by atoms with Crippen molar-refractivity contribution < 1.29 is 32.2 Å². The first-order valence-corrected chi connectivity index (χ1v) is 14.8. The van der Waals surface area contributed by atoms with E-state index in [2.05, 4.69) is 15.2 Å². The Morgan fingerprint density at radius 2 is 1.53 bits per heavy atom. The number of ether oxygens (including phenoxy) is 3. The van der Waals surface area contributed by atoms with Gasteiger partial charge in [0.1, 0.15) is 5.75 Å². The van der Waals surface area contributed by atoms with Crippen LogP contribution in [-0.4, -0.2) is 40.2 Å². The van der Waals surface area contributed by atoms with Gasteiger partial charge < -0.3 is 14.2 Å². The van der Waals surface area contributed by atoms with E-state index < -0.39 is 21.9 Å². The minimum atomic E-state index is -3.76. The largest absolute Gasteiger partial charge is 0.494 e. The molecule has 4 rings (SSSR count). The highest BCUT2D eigenvalue weighted by molar-refractivity contribution is 7.92. The first kappa shape index (κ1) is 30.8. The third-order valence-electron chi connectivity index (χ3n) is 6.06. The molecule has 0 atom stereocenters. The summed E-state index contributed by atoms with van der Waals surface area (Å²) in [6.07, 6.45) is 2.29. The summed E-state index contributed by atoms with van der Waals surface area (Å²) in [5.74, 6) is 0.147. The molecule has 43 heavy (non-hydrogen) atoms. The standard InChI is InChI=1S/C32H31N3O7S/c1-4-19-41-27-14-10-25(11-15-27)32(37)42-29-18-7-23(20-30(29)40-3)21-33-34-31(36)24-8-12-26(13-9-24)35-43(38,39)28-16-5-22(2)6-17-28/h5-18,20-21,35H,4,19H2,1-3H3,(H,34,36)/b33-21+. The number of hydrogen-bond acceptors (Lipinski definition) is 8. The summed E-state index contributed by atoms with van der Waals surface area (Å²) < 4.78 is 44.1. The highest BCUT2D eigenvalue weighted by atomic mass is 32.2. The molecule has 11 heteroatoms. The number of carbonyl (C=O) groups excluding carboxylic acids is 2. The van der Waals surface area contributed by atoms with Gasteiger partial charge in [0.25, 0.3) is 15.9 Å². The maximum absolute atomic E-state index is 12.6. The Labute approximate surface area is 250 Å². The summed E-state index contributed by atoms with van der Waals surface area (Å²) in [6, 6.07) is 23.9. The van der Waals surface area contributed by atoms with E-state index in [1.807, 2.05) is 13.8 Å². The van der Waals surface area contributed by atoms with Gasteiger partial charge in [0, 0.05) is 11.3 Å². The SMILES string of the molecule is CCCOc1ccc(C(=O)Oc2ccc(/C=N/NC(=O)c3ccc(NS(=O)(=O)c4ccc(C)cc4)cc3)cc2OC)cc1. The third kappa shape index (κ3) is 8.43. The number of sulfonamides is 1. The predicted octanol–water partition coefficient (Wildman–Crippen LogP) is 5.58. The molecule has 1 amide bonds. The van der Waals surface area contributed by atoms with Gasteiger partial charge in [-0.1, -0.05) is 24.6 Å². The second-order valence-electron chi connectivity index (χ2n) is 9.37. The first-order valence-electron chi connectivity index (χ1n) is 13.3. The van der Waals surface area contributed by atoms with E-state index in [0.717, 1.165) is 12.0 Å². The molecular formula is C32H31N3O7S. The fourth-order valence-electron chi connectivity index (χ4n) is 3.77. The van der Waals surface area contributed by atoms with Crippen molar-refractivity contribution in [3.63, 3.8) is 0 Å². The number of aryl methyl sites for hydroxylation is 1. The fourth-order valence-corrected chi connectivity index (χ4v) is 4.82. The molecule has 4 aromatic rings. The number of amides is 1. The van der Waals surface area contributed by atoms with Gasteiger partial charge in [-0.25, -0.2) is 18.6 Å². The van der Waals surface area contributed by atoms with Crippen LogP contribution in [0.5, 0.6) is 17.2 Å². The van der Waals surface area contributed by atoms with Crippen LogP contribution in [0.3, 0.4) is 0 Å². The van der Waals surface area contributed by atoms with E-state index in [4.69, 9.17) is 14.2 Å². The Balaban J connectivity index is 1.33. The zero-order valence-electron chi connectivity index (χ0n) is 23.9. The van der Waals surface area contributed by atoms with E-state index in [9.17, 15) is 18.0 Å². The number of esters is 1. The van der Waals surface area contributed by atoms with E-state index in [1.54, 1.807) is 54.6 Å². The molecule has 0 heterocycles. The Morgan fingerprint density at radius 1 is 0.860 bits per heavy atom. The van der Waals surface area contributed by atoms with Gasteiger partial charge in [-0.3, -0.25) is 9.52 Å². The van der Waals surface area contributed by atoms with Crippen LogP contribution in [0.1, 0.15) is 45.2 Å². The van der Waals surface area contributed by atoms with Crippen molar-refractivity contribution >= 4 is 33.8 Å². The summed E-state index contributed by atoms with van der Waals surface area (Å²) in [6.45, 7) is 4.47. The minimum Gasteiger partial charge on any atom is -0.494 e. The van der Waals surface area contributed by atoms with Crippen LogP contribution in [0, 0.1) is 6.92 Å². The fraction of sp³-hybridized carbons (Fsp3) is 0.156. The van der Waals surface area contributed by atoms with E-state index in [0.29, 0.717) is 34.9 Å². The summed E-state index contributed by atoms with van der Waals surface area (Å²) in [5, 5.41) is 3.98. The number of methoxy groups -OCH3 is 1. The second-order valence-corrected chi connectivity index (χ2v) is 11.1. The monoisotopic (exact) mass is 601 g/mol. The molecule has 0 spiro atoms. The quantitative estimate of drug-likeness (QED) is 0.0938. The zero-order chi connectivity index (χ0) is 30.8. The lowest BCUT2D eigenvalue weighted by Crippen LogP contribution is -2.18. The van der Waals surface area contributed by atoms with Crippen LogP contribution >= 0.6 is 0 Å². The van der Waals surface area contributed by atoms with Gasteiger partial charge in [0.05, 0.1) is 30.4 Å².